The molecular weight excluding hydrogens is 281 g/mol. The Bertz CT molecular complexity index is 479. The average Bonchev–Trinajstić information content (AvgIpc) is 2.48. The molecule has 0 unspecified atom stereocenters. The summed E-state index contributed by atoms with van der Waals surface area (Å²) < 4.78 is 37.4. The van der Waals surface area contributed by atoms with Crippen LogP contribution in [0.3, 0.4) is 0 Å². The summed E-state index contributed by atoms with van der Waals surface area (Å²) in [7, 11) is 0. The topological polar surface area (TPSA) is 33.2 Å². The molecule has 1 aliphatic carbocycles. The molecule has 0 aromatic carbocycles. The SMILES string of the molecule is CCN(C(=O)c1ccc(C(F)(F)F)nc1)C1CCCCC1. The van der Waals surface area contributed by atoms with E-state index in [0.717, 1.165) is 37.9 Å². The van der Waals surface area contributed by atoms with Crippen LogP contribution in [-0.4, -0.2) is 28.4 Å². The number of alkyl halides is 3. The quantitative estimate of drug-likeness (QED) is 0.848. The Morgan fingerprint density at radius 3 is 2.43 bits per heavy atom. The van der Waals surface area contributed by atoms with Crippen molar-refractivity contribution in [1.82, 2.24) is 9.88 Å². The maximum absolute atomic E-state index is 12.5. The lowest BCUT2D eigenvalue weighted by molar-refractivity contribution is -0.141. The molecule has 116 valence electrons. The largest absolute Gasteiger partial charge is 0.433 e. The molecule has 0 atom stereocenters. The van der Waals surface area contributed by atoms with Gasteiger partial charge in [-0.2, -0.15) is 13.2 Å². The minimum Gasteiger partial charge on any atom is -0.336 e. The number of carbonyl (C=O) groups is 1. The lowest BCUT2D eigenvalue weighted by Gasteiger charge is -2.33. The fourth-order valence-corrected chi connectivity index (χ4v) is 2.81. The molecule has 0 radical (unpaired) electrons. The molecule has 3 nitrogen and oxygen atoms in total. The van der Waals surface area contributed by atoms with Crippen LogP contribution in [0.2, 0.25) is 0 Å². The zero-order valence-electron chi connectivity index (χ0n) is 12.0. The van der Waals surface area contributed by atoms with Crippen molar-refractivity contribution >= 4 is 5.91 Å². The van der Waals surface area contributed by atoms with Crippen LogP contribution < -0.4 is 0 Å². The van der Waals surface area contributed by atoms with Crippen LogP contribution in [-0.2, 0) is 6.18 Å². The molecule has 21 heavy (non-hydrogen) atoms. The molecule has 1 fully saturated rings. The van der Waals surface area contributed by atoms with Crippen molar-refractivity contribution < 1.29 is 18.0 Å². The van der Waals surface area contributed by atoms with Gasteiger partial charge in [0.2, 0.25) is 0 Å². The van der Waals surface area contributed by atoms with Gasteiger partial charge in [-0.25, -0.2) is 0 Å². The van der Waals surface area contributed by atoms with Gasteiger partial charge in [0.25, 0.3) is 5.91 Å². The van der Waals surface area contributed by atoms with E-state index in [0.29, 0.717) is 6.54 Å². The fourth-order valence-electron chi connectivity index (χ4n) is 2.81. The van der Waals surface area contributed by atoms with E-state index in [1.807, 2.05) is 6.92 Å². The number of amides is 1. The van der Waals surface area contributed by atoms with E-state index < -0.39 is 11.9 Å². The Balaban J connectivity index is 2.13. The van der Waals surface area contributed by atoms with Crippen molar-refractivity contribution in [2.45, 2.75) is 51.2 Å². The Morgan fingerprint density at radius 1 is 1.29 bits per heavy atom. The van der Waals surface area contributed by atoms with Crippen LogP contribution in [0, 0.1) is 0 Å². The van der Waals surface area contributed by atoms with Crippen LogP contribution in [0.15, 0.2) is 18.3 Å². The number of rotatable bonds is 3. The summed E-state index contributed by atoms with van der Waals surface area (Å²) in [5, 5.41) is 0. The first kappa shape index (κ1) is 15.8. The maximum atomic E-state index is 12.5. The lowest BCUT2D eigenvalue weighted by atomic mass is 9.94. The lowest BCUT2D eigenvalue weighted by Crippen LogP contribution is -2.41. The van der Waals surface area contributed by atoms with E-state index in [-0.39, 0.29) is 17.5 Å². The van der Waals surface area contributed by atoms with Crippen molar-refractivity contribution in [2.75, 3.05) is 6.54 Å². The number of pyridine rings is 1. The zero-order chi connectivity index (χ0) is 15.5. The van der Waals surface area contributed by atoms with Gasteiger partial charge in [0.05, 0.1) is 5.56 Å². The van der Waals surface area contributed by atoms with E-state index in [2.05, 4.69) is 4.98 Å². The summed E-state index contributed by atoms with van der Waals surface area (Å²) >= 11 is 0. The highest BCUT2D eigenvalue weighted by Crippen LogP contribution is 2.28. The normalized spacial score (nSPS) is 16.8. The van der Waals surface area contributed by atoms with Gasteiger partial charge in [0, 0.05) is 18.8 Å². The van der Waals surface area contributed by atoms with Gasteiger partial charge in [-0.1, -0.05) is 19.3 Å². The summed E-state index contributed by atoms with van der Waals surface area (Å²) in [4.78, 5) is 17.6. The summed E-state index contributed by atoms with van der Waals surface area (Å²) in [5.74, 6) is -0.231. The van der Waals surface area contributed by atoms with E-state index in [1.54, 1.807) is 4.90 Å². The van der Waals surface area contributed by atoms with Crippen molar-refractivity contribution in [1.29, 1.82) is 0 Å². The molecule has 6 heteroatoms. The molecule has 0 spiro atoms. The van der Waals surface area contributed by atoms with E-state index in [4.69, 9.17) is 0 Å². The summed E-state index contributed by atoms with van der Waals surface area (Å²) in [6, 6.07) is 2.27. The molecule has 1 saturated carbocycles. The second-order valence-corrected chi connectivity index (χ2v) is 5.31. The molecule has 1 aromatic heterocycles. The number of halogens is 3. The van der Waals surface area contributed by atoms with E-state index in [1.165, 1.54) is 12.5 Å². The zero-order valence-corrected chi connectivity index (χ0v) is 12.0. The van der Waals surface area contributed by atoms with Crippen molar-refractivity contribution in [3.05, 3.63) is 29.6 Å². The van der Waals surface area contributed by atoms with E-state index in [9.17, 15) is 18.0 Å². The molecular formula is C15H19F3N2O. The predicted octanol–water partition coefficient (Wildman–Crippen LogP) is 3.90. The highest BCUT2D eigenvalue weighted by Gasteiger charge is 2.32. The van der Waals surface area contributed by atoms with Gasteiger partial charge in [-0.15, -0.1) is 0 Å². The Morgan fingerprint density at radius 2 is 1.95 bits per heavy atom. The smallest absolute Gasteiger partial charge is 0.336 e. The number of carbonyl (C=O) groups excluding carboxylic acids is 1. The molecule has 2 rings (SSSR count). The molecule has 0 bridgehead atoms. The van der Waals surface area contributed by atoms with E-state index >= 15 is 0 Å². The summed E-state index contributed by atoms with van der Waals surface area (Å²) in [6.07, 6.45) is 1.86. The third-order valence-electron chi connectivity index (χ3n) is 3.92. The van der Waals surface area contributed by atoms with Crippen LogP contribution in [0.25, 0.3) is 0 Å². The minimum absolute atomic E-state index is 0.193. The van der Waals surface area contributed by atoms with Crippen molar-refractivity contribution in [3.8, 4) is 0 Å². The number of hydrogen-bond acceptors (Lipinski definition) is 2. The summed E-state index contributed by atoms with van der Waals surface area (Å²) in [5.41, 5.74) is -0.754. The van der Waals surface area contributed by atoms with Gasteiger partial charge in [-0.05, 0) is 31.9 Å². The van der Waals surface area contributed by atoms with Crippen molar-refractivity contribution in [2.24, 2.45) is 0 Å². The summed E-state index contributed by atoms with van der Waals surface area (Å²) in [6.45, 7) is 2.45. The first-order chi connectivity index (χ1) is 9.93. The monoisotopic (exact) mass is 300 g/mol. The van der Waals surface area contributed by atoms with Crippen LogP contribution >= 0.6 is 0 Å². The van der Waals surface area contributed by atoms with Crippen molar-refractivity contribution in [3.63, 3.8) is 0 Å². The highest BCUT2D eigenvalue weighted by atomic mass is 19.4. The number of hydrogen-bond donors (Lipinski definition) is 0. The Kier molecular flexibility index (Phi) is 4.85. The second kappa shape index (κ2) is 6.45. The second-order valence-electron chi connectivity index (χ2n) is 5.31. The van der Waals surface area contributed by atoms with Crippen LogP contribution in [0.1, 0.15) is 55.1 Å². The molecule has 1 amide bonds. The predicted molar refractivity (Wildman–Crippen MR) is 72.8 cm³/mol. The average molecular weight is 300 g/mol. The van der Waals surface area contributed by atoms with Crippen LogP contribution in [0.4, 0.5) is 13.2 Å². The maximum Gasteiger partial charge on any atom is 0.433 e. The van der Waals surface area contributed by atoms with Gasteiger partial charge in [0.1, 0.15) is 5.69 Å². The molecule has 1 heterocycles. The molecule has 1 aromatic rings. The van der Waals surface area contributed by atoms with Gasteiger partial charge in [0.15, 0.2) is 0 Å². The Hall–Kier alpha value is -1.59. The third-order valence-corrected chi connectivity index (χ3v) is 3.92. The standard InChI is InChI=1S/C15H19F3N2O/c1-2-20(12-6-4-3-5-7-12)14(21)11-8-9-13(19-10-11)15(16,17)18/h8-10,12H,2-7H2,1H3. The molecule has 0 N–H and O–H groups in total. The molecule has 0 saturated heterocycles. The fraction of sp³-hybridized carbons (Fsp3) is 0.600. The molecule has 1 aliphatic rings. The number of nitrogens with zero attached hydrogens (tertiary/aromatic N) is 2. The van der Waals surface area contributed by atoms with Gasteiger partial charge in [-0.3, -0.25) is 9.78 Å². The third kappa shape index (κ3) is 3.74. The van der Waals surface area contributed by atoms with Gasteiger partial charge >= 0.3 is 6.18 Å². The Labute approximate surface area is 122 Å². The first-order valence-corrected chi connectivity index (χ1v) is 7.27. The van der Waals surface area contributed by atoms with Gasteiger partial charge < -0.3 is 4.90 Å². The van der Waals surface area contributed by atoms with Crippen LogP contribution in [0.5, 0.6) is 0 Å². The highest BCUT2D eigenvalue weighted by molar-refractivity contribution is 5.94. The minimum atomic E-state index is -4.48. The molecule has 0 aliphatic heterocycles. The first-order valence-electron chi connectivity index (χ1n) is 7.27. The number of aromatic nitrogens is 1.